The first kappa shape index (κ1) is 13.8. The maximum atomic E-state index is 12.0. The molecule has 0 aliphatic heterocycles. The van der Waals surface area contributed by atoms with E-state index in [1.54, 1.807) is 24.6 Å². The number of anilines is 1. The maximum Gasteiger partial charge on any atom is 0.334 e. The molecule has 1 heterocycles. The lowest BCUT2D eigenvalue weighted by Gasteiger charge is -2.16. The third-order valence-corrected chi connectivity index (χ3v) is 3.24. The van der Waals surface area contributed by atoms with Gasteiger partial charge >= 0.3 is 5.97 Å². The predicted molar refractivity (Wildman–Crippen MR) is 76.6 cm³/mol. The molecule has 0 saturated heterocycles. The normalized spacial score (nSPS) is 11.9. The highest BCUT2D eigenvalue weighted by molar-refractivity contribution is 7.07. The van der Waals surface area contributed by atoms with Gasteiger partial charge in [-0.3, -0.25) is 0 Å². The second-order valence-electron chi connectivity index (χ2n) is 3.75. The van der Waals surface area contributed by atoms with E-state index in [1.807, 2.05) is 17.5 Å². The zero-order valence-electron chi connectivity index (χ0n) is 10.3. The van der Waals surface area contributed by atoms with Gasteiger partial charge in [0, 0.05) is 16.1 Å². The van der Waals surface area contributed by atoms with Crippen molar-refractivity contribution in [2.75, 3.05) is 11.9 Å². The van der Waals surface area contributed by atoms with Crippen LogP contribution in [-0.2, 0) is 9.53 Å². The Balaban J connectivity index is 2.21. The van der Waals surface area contributed by atoms with Crippen LogP contribution in [0, 0.1) is 0 Å². The molecule has 1 aromatic heterocycles. The average Bonchev–Trinajstić information content (AvgIpc) is 2.90. The van der Waals surface area contributed by atoms with Crippen LogP contribution < -0.4 is 5.32 Å². The number of rotatable bonds is 5. The molecule has 2 aromatic rings. The average molecular weight is 297 g/mol. The highest BCUT2D eigenvalue weighted by Crippen LogP contribution is 2.23. The van der Waals surface area contributed by atoms with Crippen LogP contribution in [0.3, 0.4) is 0 Å². The Hall–Kier alpha value is -1.59. The Kier molecular flexibility index (Phi) is 4.76. The van der Waals surface area contributed by atoms with Gasteiger partial charge in [0.1, 0.15) is 0 Å². The number of nitrogens with one attached hydrogen (secondary N) is 1. The highest BCUT2D eigenvalue weighted by atomic mass is 35.5. The van der Waals surface area contributed by atoms with E-state index in [2.05, 4.69) is 10.3 Å². The molecule has 4 nitrogen and oxygen atoms in total. The zero-order chi connectivity index (χ0) is 13.7. The Labute approximate surface area is 120 Å². The predicted octanol–water partition coefficient (Wildman–Crippen LogP) is 3.51. The van der Waals surface area contributed by atoms with Crippen LogP contribution in [-0.4, -0.2) is 17.6 Å². The molecule has 0 aliphatic rings. The Morgan fingerprint density at radius 3 is 3.05 bits per heavy atom. The van der Waals surface area contributed by atoms with Gasteiger partial charge in [-0.15, -0.1) is 11.3 Å². The zero-order valence-corrected chi connectivity index (χ0v) is 11.9. The van der Waals surface area contributed by atoms with Gasteiger partial charge < -0.3 is 10.1 Å². The summed E-state index contributed by atoms with van der Waals surface area (Å²) >= 11 is 7.36. The first-order valence-corrected chi connectivity index (χ1v) is 7.09. The van der Waals surface area contributed by atoms with E-state index in [0.717, 1.165) is 5.69 Å². The number of benzene rings is 1. The number of nitrogens with zero attached hydrogens (tertiary/aromatic N) is 1. The van der Waals surface area contributed by atoms with Crippen LogP contribution in [0.2, 0.25) is 5.02 Å². The fraction of sp³-hybridized carbons (Fsp3) is 0.231. The standard InChI is InChI=1S/C13H13ClN2O2S/c1-2-18-13(17)12(11-7-19-8-15-11)16-10-5-3-4-9(14)6-10/h3-8,12,16H,2H2,1H3. The summed E-state index contributed by atoms with van der Waals surface area (Å²) < 4.78 is 5.06. The number of hydrogen-bond donors (Lipinski definition) is 1. The van der Waals surface area contributed by atoms with Crippen LogP contribution in [0.15, 0.2) is 35.2 Å². The largest absolute Gasteiger partial charge is 0.464 e. The minimum Gasteiger partial charge on any atom is -0.464 e. The van der Waals surface area contributed by atoms with Crippen molar-refractivity contribution in [3.63, 3.8) is 0 Å². The fourth-order valence-electron chi connectivity index (χ4n) is 1.59. The molecule has 1 atom stereocenters. The lowest BCUT2D eigenvalue weighted by Crippen LogP contribution is -2.23. The van der Waals surface area contributed by atoms with Crippen LogP contribution in [0.5, 0.6) is 0 Å². The van der Waals surface area contributed by atoms with E-state index in [1.165, 1.54) is 11.3 Å². The number of carbonyl (C=O) groups is 1. The summed E-state index contributed by atoms with van der Waals surface area (Å²) in [7, 11) is 0. The van der Waals surface area contributed by atoms with Crippen LogP contribution >= 0.6 is 22.9 Å². The van der Waals surface area contributed by atoms with Crippen molar-refractivity contribution in [2.24, 2.45) is 0 Å². The molecule has 1 unspecified atom stereocenters. The van der Waals surface area contributed by atoms with Crippen molar-refractivity contribution >= 4 is 34.6 Å². The minimum absolute atomic E-state index is 0.330. The summed E-state index contributed by atoms with van der Waals surface area (Å²) in [6, 6.07) is 6.55. The quantitative estimate of drug-likeness (QED) is 0.858. The molecule has 0 spiro atoms. The number of carbonyl (C=O) groups excluding carboxylic acids is 1. The van der Waals surface area contributed by atoms with Gasteiger partial charge in [-0.05, 0) is 25.1 Å². The molecule has 0 radical (unpaired) electrons. The highest BCUT2D eigenvalue weighted by Gasteiger charge is 2.23. The number of ether oxygens (including phenoxy) is 1. The number of thiazole rings is 1. The summed E-state index contributed by atoms with van der Waals surface area (Å²) in [5.74, 6) is -0.353. The van der Waals surface area contributed by atoms with Crippen LogP contribution in [0.1, 0.15) is 18.7 Å². The molecule has 0 amide bonds. The Morgan fingerprint density at radius 2 is 2.42 bits per heavy atom. The first-order valence-electron chi connectivity index (χ1n) is 5.77. The van der Waals surface area contributed by atoms with E-state index >= 15 is 0 Å². The van der Waals surface area contributed by atoms with Crippen molar-refractivity contribution in [2.45, 2.75) is 13.0 Å². The first-order chi connectivity index (χ1) is 9.20. The second-order valence-corrected chi connectivity index (χ2v) is 4.91. The van der Waals surface area contributed by atoms with Crippen molar-refractivity contribution < 1.29 is 9.53 Å². The molecule has 6 heteroatoms. The minimum atomic E-state index is -0.621. The van der Waals surface area contributed by atoms with E-state index < -0.39 is 6.04 Å². The Bertz CT molecular complexity index is 545. The van der Waals surface area contributed by atoms with Crippen LogP contribution in [0.25, 0.3) is 0 Å². The lowest BCUT2D eigenvalue weighted by atomic mass is 10.2. The maximum absolute atomic E-state index is 12.0. The van der Waals surface area contributed by atoms with Crippen molar-refractivity contribution in [3.8, 4) is 0 Å². The van der Waals surface area contributed by atoms with E-state index in [0.29, 0.717) is 17.3 Å². The van der Waals surface area contributed by atoms with Crippen LogP contribution in [0.4, 0.5) is 5.69 Å². The lowest BCUT2D eigenvalue weighted by molar-refractivity contribution is -0.144. The summed E-state index contributed by atoms with van der Waals surface area (Å²) in [5.41, 5.74) is 3.07. The molecule has 0 bridgehead atoms. The molecule has 0 fully saturated rings. The number of halogens is 1. The molecular weight excluding hydrogens is 284 g/mol. The molecule has 0 saturated carbocycles. The molecule has 1 N–H and O–H groups in total. The third-order valence-electron chi connectivity index (χ3n) is 2.41. The van der Waals surface area contributed by atoms with Crippen molar-refractivity contribution in [1.29, 1.82) is 0 Å². The fourth-order valence-corrected chi connectivity index (χ4v) is 2.36. The summed E-state index contributed by atoms with van der Waals surface area (Å²) in [6.45, 7) is 2.10. The van der Waals surface area contributed by atoms with Crippen molar-refractivity contribution in [3.05, 3.63) is 45.9 Å². The topological polar surface area (TPSA) is 51.2 Å². The van der Waals surface area contributed by atoms with Gasteiger partial charge in [-0.1, -0.05) is 17.7 Å². The van der Waals surface area contributed by atoms with E-state index in [-0.39, 0.29) is 5.97 Å². The smallest absolute Gasteiger partial charge is 0.334 e. The number of esters is 1. The molecular formula is C13H13ClN2O2S. The molecule has 100 valence electrons. The Morgan fingerprint density at radius 1 is 1.58 bits per heavy atom. The molecule has 2 rings (SSSR count). The molecule has 0 aliphatic carbocycles. The molecule has 19 heavy (non-hydrogen) atoms. The summed E-state index contributed by atoms with van der Waals surface area (Å²) in [5, 5.41) is 5.51. The van der Waals surface area contributed by atoms with Gasteiger partial charge in [-0.25, -0.2) is 9.78 Å². The monoisotopic (exact) mass is 296 g/mol. The number of aromatic nitrogens is 1. The van der Waals surface area contributed by atoms with E-state index in [4.69, 9.17) is 16.3 Å². The van der Waals surface area contributed by atoms with Gasteiger partial charge in [0.05, 0.1) is 17.8 Å². The van der Waals surface area contributed by atoms with E-state index in [9.17, 15) is 4.79 Å². The summed E-state index contributed by atoms with van der Waals surface area (Å²) in [4.78, 5) is 16.1. The second kappa shape index (κ2) is 6.54. The van der Waals surface area contributed by atoms with Gasteiger partial charge in [0.2, 0.25) is 0 Å². The third kappa shape index (κ3) is 3.68. The SMILES string of the molecule is CCOC(=O)C(Nc1cccc(Cl)c1)c1cscn1. The van der Waals surface area contributed by atoms with Crippen molar-refractivity contribution in [1.82, 2.24) is 4.98 Å². The summed E-state index contributed by atoms with van der Waals surface area (Å²) in [6.07, 6.45) is 0. The van der Waals surface area contributed by atoms with Gasteiger partial charge in [0.25, 0.3) is 0 Å². The van der Waals surface area contributed by atoms with Gasteiger partial charge in [0.15, 0.2) is 6.04 Å². The molecule has 1 aromatic carbocycles. The van der Waals surface area contributed by atoms with Gasteiger partial charge in [-0.2, -0.15) is 0 Å². The number of hydrogen-bond acceptors (Lipinski definition) is 5.